The van der Waals surface area contributed by atoms with Crippen LogP contribution in [0.5, 0.6) is 0 Å². The van der Waals surface area contributed by atoms with Crippen molar-refractivity contribution in [3.63, 3.8) is 0 Å². The highest BCUT2D eigenvalue weighted by Crippen LogP contribution is 2.29. The molecule has 156 valence electrons. The van der Waals surface area contributed by atoms with Gasteiger partial charge < -0.3 is 0 Å². The van der Waals surface area contributed by atoms with E-state index in [4.69, 9.17) is 0 Å². The maximum absolute atomic E-state index is 4.61. The summed E-state index contributed by atoms with van der Waals surface area (Å²) in [6, 6.07) is 19.5. The summed E-state index contributed by atoms with van der Waals surface area (Å²) >= 11 is 0. The molecule has 2 atom stereocenters. The van der Waals surface area contributed by atoms with Gasteiger partial charge in [0.05, 0.1) is 17.1 Å². The van der Waals surface area contributed by atoms with E-state index in [9.17, 15) is 0 Å². The Balaban J connectivity index is 1.55. The minimum Gasteiger partial charge on any atom is -0.296 e. The molecule has 5 nitrogen and oxygen atoms in total. The lowest BCUT2D eigenvalue weighted by Crippen LogP contribution is -2.51. The van der Waals surface area contributed by atoms with Crippen molar-refractivity contribution in [1.82, 2.24) is 24.8 Å². The number of hydrogen-bond acceptors (Lipinski definition) is 5. The molecule has 1 fully saturated rings. The molecule has 30 heavy (non-hydrogen) atoms. The Morgan fingerprint density at radius 3 is 1.60 bits per heavy atom. The number of likely N-dealkylation sites (N-methyl/N-ethyl adjacent to an activating group) is 1. The highest BCUT2D eigenvalue weighted by atomic mass is 15.2. The summed E-state index contributed by atoms with van der Waals surface area (Å²) in [5.74, 6) is 0. The molecule has 1 saturated carbocycles. The summed E-state index contributed by atoms with van der Waals surface area (Å²) in [6.07, 6.45) is 10.6. The molecular formula is C25H31N5. The lowest BCUT2D eigenvalue weighted by atomic mass is 9.87. The Bertz CT molecular complexity index is 830. The molecule has 1 aliphatic rings. The molecule has 0 saturated heterocycles. The second-order valence-corrected chi connectivity index (χ2v) is 8.20. The minimum absolute atomic E-state index is 0.469. The number of aromatic nitrogens is 3. The first-order chi connectivity index (χ1) is 14.8. The van der Waals surface area contributed by atoms with Crippen LogP contribution in [0.25, 0.3) is 0 Å². The quantitative estimate of drug-likeness (QED) is 0.563. The number of pyridine rings is 3. The first-order valence-corrected chi connectivity index (χ1v) is 10.9. The van der Waals surface area contributed by atoms with E-state index >= 15 is 0 Å². The van der Waals surface area contributed by atoms with Gasteiger partial charge in [-0.1, -0.05) is 31.0 Å². The van der Waals surface area contributed by atoms with E-state index in [1.54, 1.807) is 0 Å². The van der Waals surface area contributed by atoms with Gasteiger partial charge in [-0.2, -0.15) is 0 Å². The Morgan fingerprint density at radius 1 is 0.667 bits per heavy atom. The average molecular weight is 402 g/mol. The summed E-state index contributed by atoms with van der Waals surface area (Å²) < 4.78 is 0. The summed E-state index contributed by atoms with van der Waals surface area (Å²) in [5.41, 5.74) is 3.36. The molecule has 4 rings (SSSR count). The van der Waals surface area contributed by atoms with Crippen molar-refractivity contribution >= 4 is 0 Å². The van der Waals surface area contributed by atoms with E-state index in [1.165, 1.54) is 25.7 Å². The van der Waals surface area contributed by atoms with Crippen LogP contribution in [0, 0.1) is 0 Å². The fourth-order valence-electron chi connectivity index (χ4n) is 4.59. The minimum atomic E-state index is 0.469. The van der Waals surface area contributed by atoms with Crippen LogP contribution in [0.4, 0.5) is 0 Å². The third-order valence-corrected chi connectivity index (χ3v) is 6.05. The summed E-state index contributed by atoms with van der Waals surface area (Å²) in [6.45, 7) is 2.56. The fraction of sp³-hybridized carbons (Fsp3) is 0.400. The molecule has 3 aromatic rings. The lowest BCUT2D eigenvalue weighted by molar-refractivity contribution is 0.0456. The van der Waals surface area contributed by atoms with E-state index < -0.39 is 0 Å². The molecule has 3 aromatic heterocycles. The Kier molecular flexibility index (Phi) is 7.16. The van der Waals surface area contributed by atoms with Gasteiger partial charge >= 0.3 is 0 Å². The molecule has 0 unspecified atom stereocenters. The van der Waals surface area contributed by atoms with Crippen LogP contribution in [0.1, 0.15) is 42.8 Å². The molecule has 0 aromatic carbocycles. The standard InChI is InChI=1S/C25H31N5/c1-29(18-21-10-4-7-15-26-21)24-13-2-3-14-25(24)30(19-22-11-5-8-16-27-22)20-23-12-6-9-17-28-23/h4-12,15-17,24-25H,2-3,13-14,18-20H2,1H3/t24-,25-/m1/s1. The number of rotatable bonds is 8. The molecule has 3 heterocycles. The number of nitrogens with zero attached hydrogens (tertiary/aromatic N) is 5. The molecule has 0 bridgehead atoms. The normalized spacial score (nSPS) is 19.3. The maximum atomic E-state index is 4.61. The van der Waals surface area contributed by atoms with Crippen LogP contribution in [-0.4, -0.2) is 43.9 Å². The lowest BCUT2D eigenvalue weighted by Gasteiger charge is -2.43. The topological polar surface area (TPSA) is 45.2 Å². The Hall–Kier alpha value is -2.63. The van der Waals surface area contributed by atoms with Crippen LogP contribution in [-0.2, 0) is 19.6 Å². The van der Waals surface area contributed by atoms with Crippen molar-refractivity contribution in [3.05, 3.63) is 90.3 Å². The van der Waals surface area contributed by atoms with Crippen molar-refractivity contribution in [2.24, 2.45) is 0 Å². The molecule has 0 amide bonds. The predicted octanol–water partition coefficient (Wildman–Crippen LogP) is 4.32. The van der Waals surface area contributed by atoms with E-state index in [0.717, 1.165) is 36.7 Å². The molecular weight excluding hydrogens is 370 g/mol. The van der Waals surface area contributed by atoms with Crippen LogP contribution in [0.2, 0.25) is 0 Å². The van der Waals surface area contributed by atoms with Gasteiger partial charge in [0, 0.05) is 50.3 Å². The van der Waals surface area contributed by atoms with Crippen molar-refractivity contribution in [3.8, 4) is 0 Å². The van der Waals surface area contributed by atoms with Gasteiger partial charge in [0.2, 0.25) is 0 Å². The van der Waals surface area contributed by atoms with Crippen molar-refractivity contribution in [2.75, 3.05) is 7.05 Å². The zero-order valence-corrected chi connectivity index (χ0v) is 17.8. The van der Waals surface area contributed by atoms with Gasteiger partial charge in [-0.15, -0.1) is 0 Å². The predicted molar refractivity (Wildman–Crippen MR) is 119 cm³/mol. The van der Waals surface area contributed by atoms with E-state index in [0.29, 0.717) is 12.1 Å². The molecule has 0 spiro atoms. The fourth-order valence-corrected chi connectivity index (χ4v) is 4.59. The van der Waals surface area contributed by atoms with E-state index in [1.807, 2.05) is 36.8 Å². The second kappa shape index (κ2) is 10.4. The van der Waals surface area contributed by atoms with E-state index in [2.05, 4.69) is 68.2 Å². The van der Waals surface area contributed by atoms with Gasteiger partial charge in [-0.3, -0.25) is 24.8 Å². The second-order valence-electron chi connectivity index (χ2n) is 8.20. The molecule has 0 N–H and O–H groups in total. The van der Waals surface area contributed by atoms with Crippen LogP contribution in [0.3, 0.4) is 0 Å². The zero-order chi connectivity index (χ0) is 20.6. The summed E-state index contributed by atoms with van der Waals surface area (Å²) in [7, 11) is 2.25. The van der Waals surface area contributed by atoms with Gasteiger partial charge in [0.25, 0.3) is 0 Å². The SMILES string of the molecule is CN(Cc1ccccn1)[C@@H]1CCCC[C@H]1N(Cc1ccccn1)Cc1ccccn1. The molecule has 5 heteroatoms. The largest absolute Gasteiger partial charge is 0.296 e. The van der Waals surface area contributed by atoms with Crippen molar-refractivity contribution in [1.29, 1.82) is 0 Å². The average Bonchev–Trinajstić information content (AvgIpc) is 2.81. The Labute approximate surface area is 179 Å². The highest BCUT2D eigenvalue weighted by Gasteiger charge is 2.33. The first kappa shape index (κ1) is 20.6. The van der Waals surface area contributed by atoms with Gasteiger partial charge in [0.15, 0.2) is 0 Å². The molecule has 1 aliphatic carbocycles. The smallest absolute Gasteiger partial charge is 0.0544 e. The molecule has 0 radical (unpaired) electrons. The van der Waals surface area contributed by atoms with Crippen LogP contribution in [0.15, 0.2) is 73.2 Å². The van der Waals surface area contributed by atoms with Gasteiger partial charge in [-0.25, -0.2) is 0 Å². The van der Waals surface area contributed by atoms with Crippen LogP contribution >= 0.6 is 0 Å². The van der Waals surface area contributed by atoms with Gasteiger partial charge in [-0.05, 0) is 56.3 Å². The molecule has 0 aliphatic heterocycles. The maximum Gasteiger partial charge on any atom is 0.0544 e. The van der Waals surface area contributed by atoms with E-state index in [-0.39, 0.29) is 0 Å². The monoisotopic (exact) mass is 401 g/mol. The third kappa shape index (κ3) is 5.49. The first-order valence-electron chi connectivity index (χ1n) is 10.9. The summed E-state index contributed by atoms with van der Waals surface area (Å²) in [4.78, 5) is 18.8. The zero-order valence-electron chi connectivity index (χ0n) is 17.8. The van der Waals surface area contributed by atoms with Crippen LogP contribution < -0.4 is 0 Å². The third-order valence-electron chi connectivity index (χ3n) is 6.05. The Morgan fingerprint density at radius 2 is 1.13 bits per heavy atom. The number of hydrogen-bond donors (Lipinski definition) is 0. The van der Waals surface area contributed by atoms with Crippen molar-refractivity contribution < 1.29 is 0 Å². The van der Waals surface area contributed by atoms with Crippen molar-refractivity contribution in [2.45, 2.75) is 57.4 Å². The summed E-state index contributed by atoms with van der Waals surface area (Å²) in [5, 5.41) is 0. The highest BCUT2D eigenvalue weighted by molar-refractivity contribution is 5.08. The van der Waals surface area contributed by atoms with Gasteiger partial charge in [0.1, 0.15) is 0 Å².